The second-order valence-electron chi connectivity index (χ2n) is 6.01. The van der Waals surface area contributed by atoms with E-state index in [1.807, 2.05) is 42.5 Å². The maximum absolute atomic E-state index is 12.1. The van der Waals surface area contributed by atoms with Crippen LogP contribution in [0.15, 0.2) is 71.2 Å². The SMILES string of the molecule is O=C(CCCOc1ccc(Cl)cc1Cl)Oc1ccc(-c2ccccc2)cc1Br. The summed E-state index contributed by atoms with van der Waals surface area (Å²) in [6, 6.07) is 20.7. The molecule has 0 saturated carbocycles. The topological polar surface area (TPSA) is 35.5 Å². The van der Waals surface area contributed by atoms with Gasteiger partial charge in [-0.3, -0.25) is 4.79 Å². The minimum atomic E-state index is -0.320. The highest BCUT2D eigenvalue weighted by atomic mass is 79.9. The molecule has 0 aliphatic rings. The molecular weight excluding hydrogens is 463 g/mol. The van der Waals surface area contributed by atoms with Crippen LogP contribution in [0.25, 0.3) is 11.1 Å². The maximum atomic E-state index is 12.1. The molecular formula is C22H17BrCl2O3. The third-order valence-electron chi connectivity index (χ3n) is 3.94. The molecule has 0 aliphatic carbocycles. The standard InChI is InChI=1S/C22H17BrCl2O3/c23-18-13-16(15-5-2-1-3-6-15)8-10-20(18)28-22(26)7-4-12-27-21-11-9-17(24)14-19(21)25/h1-3,5-6,8-11,13-14H,4,7,12H2. The highest BCUT2D eigenvalue weighted by molar-refractivity contribution is 9.10. The van der Waals surface area contributed by atoms with Crippen molar-refractivity contribution in [2.24, 2.45) is 0 Å². The predicted molar refractivity (Wildman–Crippen MR) is 116 cm³/mol. The number of benzene rings is 3. The lowest BCUT2D eigenvalue weighted by atomic mass is 10.1. The fourth-order valence-corrected chi connectivity index (χ4v) is 3.48. The number of hydrogen-bond acceptors (Lipinski definition) is 3. The zero-order valence-electron chi connectivity index (χ0n) is 14.8. The van der Waals surface area contributed by atoms with E-state index in [4.69, 9.17) is 32.7 Å². The van der Waals surface area contributed by atoms with Gasteiger partial charge in [0.05, 0.1) is 16.1 Å². The van der Waals surface area contributed by atoms with Gasteiger partial charge in [-0.15, -0.1) is 0 Å². The Morgan fingerprint density at radius 1 is 0.893 bits per heavy atom. The normalized spacial score (nSPS) is 10.5. The lowest BCUT2D eigenvalue weighted by Crippen LogP contribution is -2.10. The van der Waals surface area contributed by atoms with Gasteiger partial charge in [-0.25, -0.2) is 0 Å². The Morgan fingerprint density at radius 3 is 2.36 bits per heavy atom. The van der Waals surface area contributed by atoms with Gasteiger partial charge in [0.1, 0.15) is 11.5 Å². The van der Waals surface area contributed by atoms with Crippen LogP contribution in [0, 0.1) is 0 Å². The third-order valence-corrected chi connectivity index (χ3v) is 5.09. The van der Waals surface area contributed by atoms with Gasteiger partial charge >= 0.3 is 5.97 Å². The molecule has 0 radical (unpaired) electrons. The Bertz CT molecular complexity index is 961. The van der Waals surface area contributed by atoms with Crippen LogP contribution in [0.5, 0.6) is 11.5 Å². The van der Waals surface area contributed by atoms with Crippen LogP contribution in [-0.4, -0.2) is 12.6 Å². The van der Waals surface area contributed by atoms with E-state index in [2.05, 4.69) is 15.9 Å². The number of hydrogen-bond donors (Lipinski definition) is 0. The zero-order valence-corrected chi connectivity index (χ0v) is 17.9. The highest BCUT2D eigenvalue weighted by Crippen LogP contribution is 2.31. The molecule has 0 aromatic heterocycles. The predicted octanol–water partition coefficient (Wildman–Crippen LogP) is 7.19. The van der Waals surface area contributed by atoms with Gasteiger partial charge < -0.3 is 9.47 Å². The smallest absolute Gasteiger partial charge is 0.311 e. The van der Waals surface area contributed by atoms with Crippen LogP contribution >= 0.6 is 39.1 Å². The molecule has 0 spiro atoms. The number of rotatable bonds is 7. The quantitative estimate of drug-likeness (QED) is 0.204. The average Bonchev–Trinajstić information content (AvgIpc) is 2.69. The van der Waals surface area contributed by atoms with Crippen molar-refractivity contribution in [2.45, 2.75) is 12.8 Å². The van der Waals surface area contributed by atoms with Crippen molar-refractivity contribution in [3.63, 3.8) is 0 Å². The molecule has 0 unspecified atom stereocenters. The summed E-state index contributed by atoms with van der Waals surface area (Å²) in [6.45, 7) is 0.352. The highest BCUT2D eigenvalue weighted by Gasteiger charge is 2.10. The average molecular weight is 480 g/mol. The molecule has 0 atom stereocenters. The molecule has 3 rings (SSSR count). The van der Waals surface area contributed by atoms with Gasteiger partial charge in [0.25, 0.3) is 0 Å². The van der Waals surface area contributed by atoms with Crippen molar-refractivity contribution in [1.82, 2.24) is 0 Å². The first-order valence-corrected chi connectivity index (χ1v) is 10.2. The number of esters is 1. The minimum Gasteiger partial charge on any atom is -0.492 e. The van der Waals surface area contributed by atoms with Crippen LogP contribution < -0.4 is 9.47 Å². The molecule has 0 saturated heterocycles. The molecule has 3 aromatic rings. The molecule has 3 nitrogen and oxygen atoms in total. The van der Waals surface area contributed by atoms with Crippen LogP contribution in [-0.2, 0) is 4.79 Å². The van der Waals surface area contributed by atoms with Gasteiger partial charge in [-0.05, 0) is 63.8 Å². The third kappa shape index (κ3) is 5.74. The lowest BCUT2D eigenvalue weighted by Gasteiger charge is -2.10. The summed E-state index contributed by atoms with van der Waals surface area (Å²) in [4.78, 5) is 12.1. The Balaban J connectivity index is 1.49. The lowest BCUT2D eigenvalue weighted by molar-refractivity contribution is -0.134. The number of halogens is 3. The Labute approximate surface area is 182 Å². The summed E-state index contributed by atoms with van der Waals surface area (Å²) < 4.78 is 11.7. The summed E-state index contributed by atoms with van der Waals surface area (Å²) in [6.07, 6.45) is 0.746. The van der Waals surface area contributed by atoms with Gasteiger partial charge in [0.2, 0.25) is 0 Å². The maximum Gasteiger partial charge on any atom is 0.311 e. The van der Waals surface area contributed by atoms with E-state index in [9.17, 15) is 4.79 Å². The molecule has 28 heavy (non-hydrogen) atoms. The molecule has 0 aliphatic heterocycles. The van der Waals surface area contributed by atoms with E-state index in [1.165, 1.54) is 0 Å². The van der Waals surface area contributed by atoms with E-state index in [1.54, 1.807) is 24.3 Å². The van der Waals surface area contributed by atoms with Crippen molar-refractivity contribution in [3.8, 4) is 22.6 Å². The first-order valence-electron chi connectivity index (χ1n) is 8.66. The number of carbonyl (C=O) groups is 1. The second-order valence-corrected chi connectivity index (χ2v) is 7.71. The minimum absolute atomic E-state index is 0.234. The number of carbonyl (C=O) groups excluding carboxylic acids is 1. The monoisotopic (exact) mass is 478 g/mol. The van der Waals surface area contributed by atoms with Gasteiger partial charge in [-0.2, -0.15) is 0 Å². The molecule has 0 heterocycles. The molecule has 0 N–H and O–H groups in total. The zero-order chi connectivity index (χ0) is 19.9. The Hall–Kier alpha value is -2.01. The van der Waals surface area contributed by atoms with Gasteiger partial charge in [0, 0.05) is 11.4 Å². The van der Waals surface area contributed by atoms with Crippen LogP contribution in [0.3, 0.4) is 0 Å². The van der Waals surface area contributed by atoms with Crippen LogP contribution in [0.4, 0.5) is 0 Å². The van der Waals surface area contributed by atoms with Crippen LogP contribution in [0.2, 0.25) is 10.0 Å². The summed E-state index contributed by atoms with van der Waals surface area (Å²) in [5.74, 6) is 0.712. The molecule has 0 amide bonds. The molecule has 0 bridgehead atoms. The molecule has 3 aromatic carbocycles. The number of ether oxygens (including phenoxy) is 2. The fourth-order valence-electron chi connectivity index (χ4n) is 2.56. The van der Waals surface area contributed by atoms with Crippen molar-refractivity contribution >= 4 is 45.1 Å². The van der Waals surface area contributed by atoms with Gasteiger partial charge in [-0.1, -0.05) is 59.6 Å². The van der Waals surface area contributed by atoms with Gasteiger partial charge in [0.15, 0.2) is 0 Å². The first-order chi connectivity index (χ1) is 13.5. The second kappa shape index (κ2) is 9.97. The van der Waals surface area contributed by atoms with E-state index in [0.717, 1.165) is 15.6 Å². The van der Waals surface area contributed by atoms with Crippen molar-refractivity contribution in [3.05, 3.63) is 81.2 Å². The van der Waals surface area contributed by atoms with Crippen LogP contribution in [0.1, 0.15) is 12.8 Å². The summed E-state index contributed by atoms with van der Waals surface area (Å²) in [5, 5.41) is 0.988. The largest absolute Gasteiger partial charge is 0.492 e. The molecule has 144 valence electrons. The summed E-state index contributed by atoms with van der Waals surface area (Å²) in [5.41, 5.74) is 2.14. The van der Waals surface area contributed by atoms with E-state index in [-0.39, 0.29) is 12.4 Å². The van der Waals surface area contributed by atoms with E-state index < -0.39 is 0 Å². The van der Waals surface area contributed by atoms with Crippen molar-refractivity contribution in [2.75, 3.05) is 6.61 Å². The first kappa shape index (κ1) is 20.7. The molecule has 6 heteroatoms. The fraction of sp³-hybridized carbons (Fsp3) is 0.136. The van der Waals surface area contributed by atoms with E-state index in [0.29, 0.717) is 34.6 Å². The Morgan fingerprint density at radius 2 is 1.64 bits per heavy atom. The molecule has 0 fully saturated rings. The summed E-state index contributed by atoms with van der Waals surface area (Å²) in [7, 11) is 0. The van der Waals surface area contributed by atoms with Crippen molar-refractivity contribution in [1.29, 1.82) is 0 Å². The van der Waals surface area contributed by atoms with Crippen molar-refractivity contribution < 1.29 is 14.3 Å². The van der Waals surface area contributed by atoms with E-state index >= 15 is 0 Å². The summed E-state index contributed by atoms with van der Waals surface area (Å²) >= 11 is 15.4. The Kier molecular flexibility index (Phi) is 7.37.